The highest BCUT2D eigenvalue weighted by atomic mass is 32.2. The molecule has 0 bridgehead atoms. The number of nitrogens with two attached hydrogens (primary N) is 1. The van der Waals surface area contributed by atoms with E-state index in [4.69, 9.17) is 5.73 Å². The summed E-state index contributed by atoms with van der Waals surface area (Å²) < 4.78 is 0. The monoisotopic (exact) mass is 253 g/mol. The molecule has 88 valence electrons. The maximum absolute atomic E-state index is 5.56. The van der Waals surface area contributed by atoms with Crippen molar-refractivity contribution in [2.24, 2.45) is 5.73 Å². The molecule has 3 heteroatoms. The Balaban J connectivity index is 1.79. The molecule has 16 heavy (non-hydrogen) atoms. The lowest BCUT2D eigenvalue weighted by molar-refractivity contribution is 0.820. The second-order valence-corrected chi connectivity index (χ2v) is 7.09. The number of hydrogen-bond donors (Lipinski definition) is 1. The lowest BCUT2D eigenvalue weighted by Crippen LogP contribution is -2.11. The molecule has 0 spiro atoms. The Hall–Kier alpha value is -0.120. The van der Waals surface area contributed by atoms with Crippen LogP contribution in [0.2, 0.25) is 0 Å². The fourth-order valence-corrected chi connectivity index (χ4v) is 4.49. The summed E-state index contributed by atoms with van der Waals surface area (Å²) in [6, 6.07) is 8.79. The Bertz CT molecular complexity index is 315. The molecular formula is C13H19NS2. The predicted octanol–water partition coefficient (Wildman–Crippen LogP) is 3.17. The van der Waals surface area contributed by atoms with Gasteiger partial charge in [-0.2, -0.15) is 11.8 Å². The van der Waals surface area contributed by atoms with E-state index in [0.29, 0.717) is 5.25 Å². The van der Waals surface area contributed by atoms with Crippen molar-refractivity contribution in [3.8, 4) is 0 Å². The molecule has 1 heterocycles. The first-order chi connectivity index (χ1) is 7.79. The van der Waals surface area contributed by atoms with Gasteiger partial charge in [-0.15, -0.1) is 11.8 Å². The molecule has 0 fully saturated rings. The SMILES string of the molecule is CC(CCN)SCC1Cc2ccccc2S1. The lowest BCUT2D eigenvalue weighted by atomic mass is 10.1. The van der Waals surface area contributed by atoms with Crippen molar-refractivity contribution in [2.45, 2.75) is 35.2 Å². The van der Waals surface area contributed by atoms with Crippen molar-refractivity contribution >= 4 is 23.5 Å². The van der Waals surface area contributed by atoms with E-state index in [1.807, 2.05) is 11.8 Å². The van der Waals surface area contributed by atoms with Crippen LogP contribution in [0.15, 0.2) is 29.2 Å². The molecule has 1 aliphatic rings. The Morgan fingerprint density at radius 2 is 2.31 bits per heavy atom. The van der Waals surface area contributed by atoms with E-state index in [0.717, 1.165) is 18.2 Å². The second-order valence-electron chi connectivity index (χ2n) is 4.27. The quantitative estimate of drug-likeness (QED) is 0.873. The maximum Gasteiger partial charge on any atom is 0.0226 e. The van der Waals surface area contributed by atoms with Gasteiger partial charge in [0.15, 0.2) is 0 Å². The number of benzene rings is 1. The van der Waals surface area contributed by atoms with Crippen LogP contribution in [0.4, 0.5) is 0 Å². The molecular weight excluding hydrogens is 234 g/mol. The molecule has 1 aromatic carbocycles. The zero-order chi connectivity index (χ0) is 11.4. The number of thioether (sulfide) groups is 2. The summed E-state index contributed by atoms with van der Waals surface area (Å²) in [5, 5.41) is 1.47. The Morgan fingerprint density at radius 1 is 1.50 bits per heavy atom. The van der Waals surface area contributed by atoms with E-state index in [1.165, 1.54) is 22.6 Å². The van der Waals surface area contributed by atoms with E-state index in [-0.39, 0.29) is 0 Å². The molecule has 2 N–H and O–H groups in total. The van der Waals surface area contributed by atoms with Crippen LogP contribution in [0.1, 0.15) is 18.9 Å². The van der Waals surface area contributed by atoms with Gasteiger partial charge in [0.1, 0.15) is 0 Å². The normalized spacial score (nSPS) is 20.8. The van der Waals surface area contributed by atoms with E-state index in [1.54, 1.807) is 0 Å². The summed E-state index contributed by atoms with van der Waals surface area (Å²) in [7, 11) is 0. The lowest BCUT2D eigenvalue weighted by Gasteiger charge is -2.12. The third-order valence-corrected chi connectivity index (χ3v) is 5.78. The molecule has 0 radical (unpaired) electrons. The van der Waals surface area contributed by atoms with Crippen molar-refractivity contribution in [1.29, 1.82) is 0 Å². The summed E-state index contributed by atoms with van der Waals surface area (Å²) in [6.07, 6.45) is 2.37. The minimum absolute atomic E-state index is 0.703. The van der Waals surface area contributed by atoms with Gasteiger partial charge < -0.3 is 5.73 Å². The average Bonchev–Trinajstić information content (AvgIpc) is 2.69. The highest BCUT2D eigenvalue weighted by molar-refractivity contribution is 8.03. The van der Waals surface area contributed by atoms with Crippen LogP contribution in [0.3, 0.4) is 0 Å². The van der Waals surface area contributed by atoms with E-state index >= 15 is 0 Å². The second kappa shape index (κ2) is 5.99. The van der Waals surface area contributed by atoms with Crippen LogP contribution in [0.25, 0.3) is 0 Å². The molecule has 0 saturated carbocycles. The zero-order valence-corrected chi connectivity index (χ0v) is 11.3. The molecule has 2 atom stereocenters. The molecule has 1 aliphatic heterocycles. The Labute approximate surface area is 107 Å². The van der Waals surface area contributed by atoms with Gasteiger partial charge in [-0.1, -0.05) is 25.1 Å². The molecule has 0 saturated heterocycles. The molecule has 0 aliphatic carbocycles. The predicted molar refractivity (Wildman–Crippen MR) is 75.4 cm³/mol. The third-order valence-electron chi connectivity index (χ3n) is 2.85. The molecule has 0 aromatic heterocycles. The topological polar surface area (TPSA) is 26.0 Å². The van der Waals surface area contributed by atoms with Crippen molar-refractivity contribution < 1.29 is 0 Å². The van der Waals surface area contributed by atoms with Crippen molar-refractivity contribution in [1.82, 2.24) is 0 Å². The van der Waals surface area contributed by atoms with E-state index < -0.39 is 0 Å². The fraction of sp³-hybridized carbons (Fsp3) is 0.538. The minimum Gasteiger partial charge on any atom is -0.330 e. The summed E-state index contributed by atoms with van der Waals surface area (Å²) >= 11 is 4.11. The molecule has 2 unspecified atom stereocenters. The van der Waals surface area contributed by atoms with Crippen molar-refractivity contribution in [3.05, 3.63) is 29.8 Å². The van der Waals surface area contributed by atoms with Gasteiger partial charge >= 0.3 is 0 Å². The smallest absolute Gasteiger partial charge is 0.0226 e. The first-order valence-corrected chi connectivity index (χ1v) is 7.78. The van der Waals surface area contributed by atoms with Crippen LogP contribution in [0, 0.1) is 0 Å². The minimum atomic E-state index is 0.703. The van der Waals surface area contributed by atoms with E-state index in [9.17, 15) is 0 Å². The van der Waals surface area contributed by atoms with Gasteiger partial charge in [-0.05, 0) is 31.0 Å². The first-order valence-electron chi connectivity index (χ1n) is 5.86. The number of fused-ring (bicyclic) bond motifs is 1. The molecule has 2 rings (SSSR count). The highest BCUT2D eigenvalue weighted by Gasteiger charge is 2.22. The summed E-state index contributed by atoms with van der Waals surface area (Å²) in [4.78, 5) is 1.49. The van der Waals surface area contributed by atoms with Crippen LogP contribution >= 0.6 is 23.5 Å². The molecule has 1 nitrogen and oxygen atoms in total. The van der Waals surface area contributed by atoms with Crippen molar-refractivity contribution in [3.63, 3.8) is 0 Å². The van der Waals surface area contributed by atoms with Gasteiger partial charge in [0.05, 0.1) is 0 Å². The van der Waals surface area contributed by atoms with Crippen LogP contribution in [-0.4, -0.2) is 22.8 Å². The summed E-state index contributed by atoms with van der Waals surface area (Å²) in [5.74, 6) is 1.25. The van der Waals surface area contributed by atoms with Gasteiger partial charge in [-0.3, -0.25) is 0 Å². The standard InChI is InChI=1S/C13H19NS2/c1-10(6-7-14)15-9-12-8-11-4-2-3-5-13(11)16-12/h2-5,10,12H,6-9,14H2,1H3. The Morgan fingerprint density at radius 3 is 3.06 bits per heavy atom. The zero-order valence-electron chi connectivity index (χ0n) is 9.69. The molecule has 1 aromatic rings. The average molecular weight is 253 g/mol. The van der Waals surface area contributed by atoms with Gasteiger partial charge in [0.2, 0.25) is 0 Å². The summed E-state index contributed by atoms with van der Waals surface area (Å²) in [6.45, 7) is 3.09. The van der Waals surface area contributed by atoms with Crippen molar-refractivity contribution in [2.75, 3.05) is 12.3 Å². The molecule has 0 amide bonds. The van der Waals surface area contributed by atoms with Gasteiger partial charge in [0, 0.05) is 21.1 Å². The van der Waals surface area contributed by atoms with Crippen LogP contribution < -0.4 is 5.73 Å². The van der Waals surface area contributed by atoms with Crippen LogP contribution in [-0.2, 0) is 6.42 Å². The number of hydrogen-bond acceptors (Lipinski definition) is 3. The van der Waals surface area contributed by atoms with Gasteiger partial charge in [-0.25, -0.2) is 0 Å². The van der Waals surface area contributed by atoms with E-state index in [2.05, 4.69) is 43.0 Å². The largest absolute Gasteiger partial charge is 0.330 e. The van der Waals surface area contributed by atoms with Gasteiger partial charge in [0.25, 0.3) is 0 Å². The number of rotatable bonds is 5. The summed E-state index contributed by atoms with van der Waals surface area (Å²) in [5.41, 5.74) is 7.10. The third kappa shape index (κ3) is 3.19. The van der Waals surface area contributed by atoms with Crippen LogP contribution in [0.5, 0.6) is 0 Å². The maximum atomic E-state index is 5.56. The first kappa shape index (κ1) is 12.3. The fourth-order valence-electron chi connectivity index (χ4n) is 1.94. The highest BCUT2D eigenvalue weighted by Crippen LogP contribution is 2.38. The Kier molecular flexibility index (Phi) is 4.62.